The van der Waals surface area contributed by atoms with Gasteiger partial charge in [0.25, 0.3) is 0 Å². The lowest BCUT2D eigenvalue weighted by molar-refractivity contribution is -0.136. The molecule has 0 N–H and O–H groups in total. The van der Waals surface area contributed by atoms with Crippen LogP contribution in [-0.2, 0) is 16.2 Å². The number of aryl methyl sites for hydroxylation is 1. The van der Waals surface area contributed by atoms with Gasteiger partial charge in [0.1, 0.15) is 6.61 Å². The van der Waals surface area contributed by atoms with Gasteiger partial charge in [0.05, 0.1) is 23.4 Å². The van der Waals surface area contributed by atoms with E-state index in [0.29, 0.717) is 40.0 Å². The molecule has 0 atom stereocenters. The average Bonchev–Trinajstić information content (AvgIpc) is 2.94. The van der Waals surface area contributed by atoms with Crippen LogP contribution in [0.1, 0.15) is 23.6 Å². The average molecular weight is 372 g/mol. The van der Waals surface area contributed by atoms with Gasteiger partial charge in [-0.2, -0.15) is 0 Å². The topological polar surface area (TPSA) is 57.1 Å². The number of oxime groups is 1. The molecule has 0 aromatic heterocycles. The highest BCUT2D eigenvalue weighted by Crippen LogP contribution is 2.37. The first kappa shape index (κ1) is 18.0. The summed E-state index contributed by atoms with van der Waals surface area (Å²) in [6.45, 7) is 4.10. The van der Waals surface area contributed by atoms with Crippen LogP contribution in [0.25, 0.3) is 6.08 Å². The van der Waals surface area contributed by atoms with Crippen LogP contribution >= 0.6 is 11.6 Å². The molecule has 1 heterocycles. The van der Waals surface area contributed by atoms with Gasteiger partial charge in [0, 0.05) is 0 Å². The van der Waals surface area contributed by atoms with E-state index in [-0.39, 0.29) is 0 Å². The number of methoxy groups -OCH3 is 1. The highest BCUT2D eigenvalue weighted by Gasteiger charge is 2.22. The maximum absolute atomic E-state index is 11.7. The number of benzene rings is 2. The summed E-state index contributed by atoms with van der Waals surface area (Å²) in [4.78, 5) is 16.3. The molecule has 0 amide bonds. The molecule has 0 spiro atoms. The quantitative estimate of drug-likeness (QED) is 0.571. The Balaban J connectivity index is 1.85. The standard InChI is InChI=1S/C20H18ClNO4/c1-12-4-6-14(7-5-12)11-25-19-17(21)9-15(10-18(19)24-3)8-16-13(2)22-26-20(16)23/h4-10H,11H2,1-3H3. The van der Waals surface area contributed by atoms with E-state index < -0.39 is 5.97 Å². The van der Waals surface area contributed by atoms with Gasteiger partial charge in [-0.15, -0.1) is 0 Å². The van der Waals surface area contributed by atoms with Crippen molar-refractivity contribution >= 4 is 29.4 Å². The van der Waals surface area contributed by atoms with E-state index >= 15 is 0 Å². The second kappa shape index (κ2) is 7.62. The molecule has 1 aliphatic rings. The Labute approximate surface area is 156 Å². The molecule has 0 unspecified atom stereocenters. The summed E-state index contributed by atoms with van der Waals surface area (Å²) in [6, 6.07) is 11.5. The van der Waals surface area contributed by atoms with Gasteiger partial charge in [-0.3, -0.25) is 0 Å². The number of carbonyl (C=O) groups excluding carboxylic acids is 1. The van der Waals surface area contributed by atoms with Gasteiger partial charge in [-0.25, -0.2) is 4.79 Å². The van der Waals surface area contributed by atoms with E-state index in [1.165, 1.54) is 12.7 Å². The second-order valence-electron chi connectivity index (χ2n) is 5.92. The fourth-order valence-corrected chi connectivity index (χ4v) is 2.76. The third-order valence-electron chi connectivity index (χ3n) is 3.94. The van der Waals surface area contributed by atoms with E-state index in [0.717, 1.165) is 5.56 Å². The third-order valence-corrected chi connectivity index (χ3v) is 4.22. The molecule has 0 radical (unpaired) electrons. The zero-order valence-electron chi connectivity index (χ0n) is 14.7. The first-order valence-electron chi connectivity index (χ1n) is 8.02. The van der Waals surface area contributed by atoms with Crippen LogP contribution < -0.4 is 9.47 Å². The predicted molar refractivity (Wildman–Crippen MR) is 101 cm³/mol. The molecule has 0 fully saturated rings. The van der Waals surface area contributed by atoms with Crippen molar-refractivity contribution in [3.63, 3.8) is 0 Å². The highest BCUT2D eigenvalue weighted by atomic mass is 35.5. The van der Waals surface area contributed by atoms with Crippen molar-refractivity contribution in [2.24, 2.45) is 5.16 Å². The lowest BCUT2D eigenvalue weighted by Crippen LogP contribution is -2.02. The Hall–Kier alpha value is -2.79. The molecule has 6 heteroatoms. The summed E-state index contributed by atoms with van der Waals surface area (Å²) >= 11 is 6.38. The number of hydrogen-bond donors (Lipinski definition) is 0. The molecule has 0 aliphatic carbocycles. The minimum atomic E-state index is -0.489. The normalized spacial score (nSPS) is 15.0. The van der Waals surface area contributed by atoms with Crippen molar-refractivity contribution in [3.8, 4) is 11.5 Å². The van der Waals surface area contributed by atoms with Crippen molar-refractivity contribution in [3.05, 3.63) is 63.7 Å². The van der Waals surface area contributed by atoms with E-state index in [9.17, 15) is 4.79 Å². The van der Waals surface area contributed by atoms with Crippen LogP contribution in [0.2, 0.25) is 5.02 Å². The largest absolute Gasteiger partial charge is 0.493 e. The molecular weight excluding hydrogens is 354 g/mol. The van der Waals surface area contributed by atoms with Gasteiger partial charge >= 0.3 is 5.97 Å². The van der Waals surface area contributed by atoms with Crippen LogP contribution in [0.5, 0.6) is 11.5 Å². The number of halogens is 1. The molecule has 0 bridgehead atoms. The molecule has 26 heavy (non-hydrogen) atoms. The summed E-state index contributed by atoms with van der Waals surface area (Å²) in [5, 5.41) is 4.05. The maximum atomic E-state index is 11.7. The highest BCUT2D eigenvalue weighted by molar-refractivity contribution is 6.32. The minimum absolute atomic E-state index is 0.370. The molecule has 0 saturated carbocycles. The smallest absolute Gasteiger partial charge is 0.367 e. The summed E-state index contributed by atoms with van der Waals surface area (Å²) in [5.74, 6) is 0.450. The Morgan fingerprint density at radius 2 is 1.92 bits per heavy atom. The SMILES string of the molecule is COc1cc(C=C2C(=O)ON=C2C)cc(Cl)c1OCc1ccc(C)cc1. The molecule has 5 nitrogen and oxygen atoms in total. The minimum Gasteiger partial charge on any atom is -0.493 e. The van der Waals surface area contributed by atoms with Gasteiger partial charge in [0.15, 0.2) is 11.5 Å². The van der Waals surface area contributed by atoms with Gasteiger partial charge in [-0.1, -0.05) is 46.6 Å². The summed E-state index contributed by atoms with van der Waals surface area (Å²) < 4.78 is 11.3. The van der Waals surface area contributed by atoms with E-state index in [1.54, 1.807) is 25.1 Å². The Morgan fingerprint density at radius 1 is 1.19 bits per heavy atom. The molecule has 134 valence electrons. The first-order valence-corrected chi connectivity index (χ1v) is 8.39. The van der Waals surface area contributed by atoms with Gasteiger partial charge in [0.2, 0.25) is 0 Å². The lowest BCUT2D eigenvalue weighted by atomic mass is 10.1. The molecule has 2 aromatic carbocycles. The van der Waals surface area contributed by atoms with Crippen LogP contribution in [0.4, 0.5) is 0 Å². The summed E-state index contributed by atoms with van der Waals surface area (Å²) in [7, 11) is 1.54. The van der Waals surface area contributed by atoms with Crippen molar-refractivity contribution in [1.29, 1.82) is 0 Å². The zero-order chi connectivity index (χ0) is 18.7. The summed E-state index contributed by atoms with van der Waals surface area (Å²) in [6.07, 6.45) is 1.66. The third kappa shape index (κ3) is 3.89. The maximum Gasteiger partial charge on any atom is 0.367 e. The molecule has 3 rings (SSSR count). The fraction of sp³-hybridized carbons (Fsp3) is 0.200. The molecular formula is C20H18ClNO4. The van der Waals surface area contributed by atoms with Crippen molar-refractivity contribution in [2.45, 2.75) is 20.5 Å². The molecule has 0 saturated heterocycles. The van der Waals surface area contributed by atoms with Gasteiger partial charge in [-0.05, 0) is 43.2 Å². The number of hydrogen-bond acceptors (Lipinski definition) is 5. The second-order valence-corrected chi connectivity index (χ2v) is 6.33. The number of ether oxygens (including phenoxy) is 2. The van der Waals surface area contributed by atoms with Gasteiger partial charge < -0.3 is 14.3 Å². The number of nitrogens with zero attached hydrogens (tertiary/aromatic N) is 1. The Kier molecular flexibility index (Phi) is 5.28. The molecule has 2 aromatic rings. The van der Waals surface area contributed by atoms with Crippen molar-refractivity contribution < 1.29 is 19.1 Å². The van der Waals surface area contributed by atoms with E-state index in [2.05, 4.69) is 9.99 Å². The van der Waals surface area contributed by atoms with E-state index in [1.807, 2.05) is 31.2 Å². The monoisotopic (exact) mass is 371 g/mol. The van der Waals surface area contributed by atoms with Crippen LogP contribution in [0.15, 0.2) is 47.1 Å². The zero-order valence-corrected chi connectivity index (χ0v) is 15.5. The van der Waals surface area contributed by atoms with Crippen molar-refractivity contribution in [2.75, 3.05) is 7.11 Å². The lowest BCUT2D eigenvalue weighted by Gasteiger charge is -2.13. The Morgan fingerprint density at radius 3 is 2.54 bits per heavy atom. The number of rotatable bonds is 5. The predicted octanol–water partition coefficient (Wildman–Crippen LogP) is 4.55. The first-order chi connectivity index (χ1) is 12.5. The number of carbonyl (C=O) groups is 1. The van der Waals surface area contributed by atoms with Crippen LogP contribution in [0, 0.1) is 6.92 Å². The van der Waals surface area contributed by atoms with Crippen molar-refractivity contribution in [1.82, 2.24) is 0 Å². The van der Waals surface area contributed by atoms with Crippen LogP contribution in [0.3, 0.4) is 0 Å². The van der Waals surface area contributed by atoms with Crippen LogP contribution in [-0.4, -0.2) is 18.8 Å². The fourth-order valence-electron chi connectivity index (χ4n) is 2.49. The van der Waals surface area contributed by atoms with E-state index in [4.69, 9.17) is 21.1 Å². The molecule has 1 aliphatic heterocycles. The summed E-state index contributed by atoms with van der Waals surface area (Å²) in [5.41, 5.74) is 3.81. The Bertz CT molecular complexity index is 901.